The van der Waals surface area contributed by atoms with Crippen molar-refractivity contribution in [2.75, 3.05) is 39.8 Å². The monoisotopic (exact) mass is 364 g/mol. The number of rotatable bonds is 6. The topological polar surface area (TPSA) is 31.4 Å². The van der Waals surface area contributed by atoms with Gasteiger partial charge in [-0.3, -0.25) is 9.88 Å². The minimum atomic E-state index is 0.486. The standard InChI is InChI=1S/C23H32N4/c1-26-16-17-27(23(18-26)19-8-3-2-4-9-19)15-7-14-25-22-12-5-11-21-20(22)10-6-13-24-21/h2-4,6,8-10,13,22-23,25H,5,7,11-12,14-18H2,1H3. The lowest BCUT2D eigenvalue weighted by Crippen LogP contribution is -2.47. The van der Waals surface area contributed by atoms with E-state index in [4.69, 9.17) is 0 Å². The molecule has 0 spiro atoms. The Kier molecular flexibility index (Phi) is 6.17. The third-order valence-corrected chi connectivity index (χ3v) is 6.10. The summed E-state index contributed by atoms with van der Waals surface area (Å²) >= 11 is 0. The van der Waals surface area contributed by atoms with Crippen LogP contribution < -0.4 is 5.32 Å². The Balaban J connectivity index is 1.31. The summed E-state index contributed by atoms with van der Waals surface area (Å²) in [5, 5.41) is 3.80. The van der Waals surface area contributed by atoms with Crippen molar-refractivity contribution in [1.29, 1.82) is 0 Å². The van der Waals surface area contributed by atoms with E-state index in [0.29, 0.717) is 12.1 Å². The van der Waals surface area contributed by atoms with Gasteiger partial charge >= 0.3 is 0 Å². The Bertz CT molecular complexity index is 717. The van der Waals surface area contributed by atoms with Crippen molar-refractivity contribution < 1.29 is 0 Å². The quantitative estimate of drug-likeness (QED) is 0.796. The third-order valence-electron chi connectivity index (χ3n) is 6.10. The Morgan fingerprint density at radius 3 is 2.89 bits per heavy atom. The van der Waals surface area contributed by atoms with E-state index in [9.17, 15) is 0 Å². The minimum Gasteiger partial charge on any atom is -0.310 e. The number of hydrogen-bond donors (Lipinski definition) is 1. The molecule has 1 aliphatic carbocycles. The molecule has 1 aromatic heterocycles. The number of piperazine rings is 1. The van der Waals surface area contributed by atoms with Crippen LogP contribution in [0.2, 0.25) is 0 Å². The third kappa shape index (κ3) is 4.57. The average molecular weight is 365 g/mol. The van der Waals surface area contributed by atoms with Gasteiger partial charge in [-0.2, -0.15) is 0 Å². The van der Waals surface area contributed by atoms with E-state index in [1.807, 2.05) is 6.20 Å². The summed E-state index contributed by atoms with van der Waals surface area (Å²) in [4.78, 5) is 9.70. The molecule has 4 nitrogen and oxygen atoms in total. The van der Waals surface area contributed by atoms with Gasteiger partial charge in [0, 0.05) is 50.2 Å². The average Bonchev–Trinajstić information content (AvgIpc) is 2.73. The molecule has 2 aliphatic rings. The van der Waals surface area contributed by atoms with Crippen LogP contribution in [0.1, 0.15) is 48.2 Å². The summed E-state index contributed by atoms with van der Waals surface area (Å²) in [7, 11) is 2.24. The van der Waals surface area contributed by atoms with E-state index in [0.717, 1.165) is 32.6 Å². The van der Waals surface area contributed by atoms with Crippen LogP contribution >= 0.6 is 0 Å². The van der Waals surface area contributed by atoms with Crippen molar-refractivity contribution in [3.63, 3.8) is 0 Å². The van der Waals surface area contributed by atoms with Gasteiger partial charge in [-0.15, -0.1) is 0 Å². The first-order chi connectivity index (χ1) is 13.3. The Hall–Kier alpha value is -1.75. The summed E-state index contributed by atoms with van der Waals surface area (Å²) in [5.41, 5.74) is 4.17. The molecular weight excluding hydrogens is 332 g/mol. The second-order valence-electron chi connectivity index (χ2n) is 8.02. The molecule has 1 N–H and O–H groups in total. The number of nitrogens with one attached hydrogen (secondary N) is 1. The number of nitrogens with zero attached hydrogens (tertiary/aromatic N) is 3. The van der Waals surface area contributed by atoms with Gasteiger partial charge in [0.1, 0.15) is 0 Å². The molecule has 1 saturated heterocycles. The van der Waals surface area contributed by atoms with Gasteiger partial charge in [0.05, 0.1) is 0 Å². The highest BCUT2D eigenvalue weighted by Gasteiger charge is 2.26. The molecule has 4 heteroatoms. The molecule has 2 unspecified atom stereocenters. The number of aryl methyl sites for hydroxylation is 1. The predicted octanol–water partition coefficient (Wildman–Crippen LogP) is 3.43. The lowest BCUT2D eigenvalue weighted by atomic mass is 9.91. The fourth-order valence-electron chi connectivity index (χ4n) is 4.59. The van der Waals surface area contributed by atoms with Gasteiger partial charge in [0.2, 0.25) is 0 Å². The zero-order valence-electron chi connectivity index (χ0n) is 16.5. The second kappa shape index (κ2) is 8.96. The Labute approximate surface area is 163 Å². The molecule has 2 aromatic rings. The molecule has 1 aliphatic heterocycles. The minimum absolute atomic E-state index is 0.486. The van der Waals surface area contributed by atoms with Crippen molar-refractivity contribution in [2.45, 2.75) is 37.8 Å². The molecule has 27 heavy (non-hydrogen) atoms. The maximum absolute atomic E-state index is 4.57. The Morgan fingerprint density at radius 2 is 2.00 bits per heavy atom. The molecule has 4 rings (SSSR count). The van der Waals surface area contributed by atoms with Gasteiger partial charge in [-0.1, -0.05) is 36.4 Å². The molecule has 2 heterocycles. The molecular formula is C23H32N4. The van der Waals surface area contributed by atoms with Crippen LogP contribution in [0.3, 0.4) is 0 Å². The molecule has 0 amide bonds. The van der Waals surface area contributed by atoms with Crippen molar-refractivity contribution in [1.82, 2.24) is 20.1 Å². The molecule has 0 bridgehead atoms. The molecule has 2 atom stereocenters. The Morgan fingerprint density at radius 1 is 1.11 bits per heavy atom. The smallest absolute Gasteiger partial charge is 0.0475 e. The fraction of sp³-hybridized carbons (Fsp3) is 0.522. The van der Waals surface area contributed by atoms with Gasteiger partial charge < -0.3 is 10.2 Å². The van der Waals surface area contributed by atoms with Crippen LogP contribution in [0.5, 0.6) is 0 Å². The molecule has 144 valence electrons. The van der Waals surface area contributed by atoms with Crippen LogP contribution in [0, 0.1) is 0 Å². The normalized spacial score (nSPS) is 23.9. The van der Waals surface area contributed by atoms with Crippen molar-refractivity contribution in [3.05, 3.63) is 65.5 Å². The van der Waals surface area contributed by atoms with Crippen LogP contribution in [0.25, 0.3) is 0 Å². The molecule has 0 radical (unpaired) electrons. The van der Waals surface area contributed by atoms with Crippen molar-refractivity contribution in [3.8, 4) is 0 Å². The van der Waals surface area contributed by atoms with Gasteiger partial charge in [0.15, 0.2) is 0 Å². The van der Waals surface area contributed by atoms with Crippen LogP contribution in [-0.4, -0.2) is 54.6 Å². The van der Waals surface area contributed by atoms with E-state index in [-0.39, 0.29) is 0 Å². The van der Waals surface area contributed by atoms with Crippen LogP contribution in [0.15, 0.2) is 48.7 Å². The zero-order chi connectivity index (χ0) is 18.5. The highest BCUT2D eigenvalue weighted by Crippen LogP contribution is 2.28. The first kappa shape index (κ1) is 18.6. The number of likely N-dealkylation sites (N-methyl/N-ethyl adjacent to an activating group) is 1. The molecule has 1 fully saturated rings. The van der Waals surface area contributed by atoms with E-state index >= 15 is 0 Å². The molecule has 1 aromatic carbocycles. The van der Waals surface area contributed by atoms with E-state index in [1.54, 1.807) is 0 Å². The number of aromatic nitrogens is 1. The lowest BCUT2D eigenvalue weighted by Gasteiger charge is -2.40. The van der Waals surface area contributed by atoms with Crippen LogP contribution in [0.4, 0.5) is 0 Å². The number of pyridine rings is 1. The zero-order valence-corrected chi connectivity index (χ0v) is 16.5. The first-order valence-corrected chi connectivity index (χ1v) is 10.5. The summed E-state index contributed by atoms with van der Waals surface area (Å²) < 4.78 is 0. The first-order valence-electron chi connectivity index (χ1n) is 10.5. The van der Waals surface area contributed by atoms with Gasteiger partial charge in [-0.05, 0) is 56.5 Å². The summed E-state index contributed by atoms with van der Waals surface area (Å²) in [6.07, 6.45) is 6.74. The largest absolute Gasteiger partial charge is 0.310 e. The van der Waals surface area contributed by atoms with Crippen molar-refractivity contribution >= 4 is 0 Å². The van der Waals surface area contributed by atoms with Crippen molar-refractivity contribution in [2.24, 2.45) is 0 Å². The van der Waals surface area contributed by atoms with Crippen LogP contribution in [-0.2, 0) is 6.42 Å². The summed E-state index contributed by atoms with van der Waals surface area (Å²) in [6.45, 7) is 5.68. The predicted molar refractivity (Wildman–Crippen MR) is 111 cm³/mol. The summed E-state index contributed by atoms with van der Waals surface area (Å²) in [6, 6.07) is 16.3. The fourth-order valence-corrected chi connectivity index (χ4v) is 4.59. The number of benzene rings is 1. The van der Waals surface area contributed by atoms with E-state index in [2.05, 4.69) is 69.6 Å². The van der Waals surface area contributed by atoms with E-state index in [1.165, 1.54) is 42.6 Å². The molecule has 0 saturated carbocycles. The van der Waals surface area contributed by atoms with Gasteiger partial charge in [-0.25, -0.2) is 0 Å². The summed E-state index contributed by atoms with van der Waals surface area (Å²) in [5.74, 6) is 0. The SMILES string of the molecule is CN1CCN(CCCNC2CCCc3ncccc32)C(c2ccccc2)C1. The number of fused-ring (bicyclic) bond motifs is 1. The highest BCUT2D eigenvalue weighted by atomic mass is 15.3. The second-order valence-corrected chi connectivity index (χ2v) is 8.02. The van der Waals surface area contributed by atoms with E-state index < -0.39 is 0 Å². The maximum atomic E-state index is 4.57. The highest BCUT2D eigenvalue weighted by molar-refractivity contribution is 5.26. The maximum Gasteiger partial charge on any atom is 0.0475 e. The lowest BCUT2D eigenvalue weighted by molar-refractivity contribution is 0.0885. The van der Waals surface area contributed by atoms with Gasteiger partial charge in [0.25, 0.3) is 0 Å². The number of hydrogen-bond acceptors (Lipinski definition) is 4.